The number of hydrazine groups is 1. The van der Waals surface area contributed by atoms with E-state index in [0.29, 0.717) is 6.67 Å². The summed E-state index contributed by atoms with van der Waals surface area (Å²) >= 11 is 5.86. The molecule has 0 aliphatic carbocycles. The molecule has 0 spiro atoms. The van der Waals surface area contributed by atoms with Crippen molar-refractivity contribution in [1.82, 2.24) is 21.1 Å². The molecular formula is C6H11ClN4O. The third-order valence-electron chi connectivity index (χ3n) is 2.14. The van der Waals surface area contributed by atoms with Gasteiger partial charge >= 0.3 is 0 Å². The van der Waals surface area contributed by atoms with Crippen molar-refractivity contribution < 1.29 is 4.79 Å². The maximum absolute atomic E-state index is 11.5. The number of fused-ring (bicyclic) bond motifs is 1. The largest absolute Gasteiger partial charge is 0.279 e. The average Bonchev–Trinajstić information content (AvgIpc) is 2.48. The Morgan fingerprint density at radius 3 is 3.17 bits per heavy atom. The molecule has 2 aliphatic rings. The SMILES string of the molecule is CC1NC2NCNN2C(=O)C1Cl. The number of hydrogen-bond donors (Lipinski definition) is 3. The second kappa shape index (κ2) is 2.85. The van der Waals surface area contributed by atoms with E-state index in [4.69, 9.17) is 11.6 Å². The highest BCUT2D eigenvalue weighted by Crippen LogP contribution is 2.15. The van der Waals surface area contributed by atoms with Gasteiger partial charge in [0.05, 0.1) is 6.67 Å². The molecule has 12 heavy (non-hydrogen) atoms. The van der Waals surface area contributed by atoms with E-state index in [1.54, 1.807) is 0 Å². The van der Waals surface area contributed by atoms with Crippen LogP contribution < -0.4 is 16.1 Å². The minimum atomic E-state index is -0.478. The predicted molar refractivity (Wildman–Crippen MR) is 44.0 cm³/mol. The Balaban J connectivity index is 2.16. The van der Waals surface area contributed by atoms with E-state index in [9.17, 15) is 4.79 Å². The van der Waals surface area contributed by atoms with Gasteiger partial charge in [-0.05, 0) is 6.92 Å². The molecule has 2 heterocycles. The molecule has 2 aliphatic heterocycles. The molecule has 0 radical (unpaired) electrons. The second-order valence-corrected chi connectivity index (χ2v) is 3.48. The maximum Gasteiger partial charge on any atom is 0.258 e. The zero-order valence-corrected chi connectivity index (χ0v) is 7.43. The van der Waals surface area contributed by atoms with Crippen molar-refractivity contribution >= 4 is 17.5 Å². The Kier molecular flexibility index (Phi) is 1.96. The number of carbonyl (C=O) groups excluding carboxylic acids is 1. The summed E-state index contributed by atoms with van der Waals surface area (Å²) in [7, 11) is 0. The molecule has 1 amide bonds. The van der Waals surface area contributed by atoms with E-state index in [-0.39, 0.29) is 18.2 Å². The van der Waals surface area contributed by atoms with Gasteiger partial charge in [-0.15, -0.1) is 11.6 Å². The van der Waals surface area contributed by atoms with Gasteiger partial charge in [0, 0.05) is 6.04 Å². The van der Waals surface area contributed by atoms with Crippen molar-refractivity contribution in [1.29, 1.82) is 0 Å². The average molecular weight is 191 g/mol. The number of rotatable bonds is 0. The van der Waals surface area contributed by atoms with Crippen LogP contribution in [0.15, 0.2) is 0 Å². The molecule has 3 N–H and O–H groups in total. The highest BCUT2D eigenvalue weighted by molar-refractivity contribution is 6.31. The summed E-state index contributed by atoms with van der Waals surface area (Å²) in [6.45, 7) is 2.49. The Morgan fingerprint density at radius 2 is 2.42 bits per heavy atom. The first-order chi connectivity index (χ1) is 5.70. The van der Waals surface area contributed by atoms with Crippen LogP contribution in [0.5, 0.6) is 0 Å². The quantitative estimate of drug-likeness (QED) is 0.419. The molecule has 2 saturated heterocycles. The molecule has 0 aromatic rings. The van der Waals surface area contributed by atoms with Crippen molar-refractivity contribution in [3.8, 4) is 0 Å². The number of hydrogen-bond acceptors (Lipinski definition) is 4. The van der Waals surface area contributed by atoms with Gasteiger partial charge in [0.1, 0.15) is 5.38 Å². The molecule has 0 saturated carbocycles. The molecule has 3 unspecified atom stereocenters. The fraction of sp³-hybridized carbons (Fsp3) is 0.833. The van der Waals surface area contributed by atoms with Crippen molar-refractivity contribution in [2.24, 2.45) is 0 Å². The van der Waals surface area contributed by atoms with Crippen LogP contribution in [0.4, 0.5) is 0 Å². The summed E-state index contributed by atoms with van der Waals surface area (Å²) in [6, 6.07) is 0.00724. The van der Waals surface area contributed by atoms with Gasteiger partial charge in [0.25, 0.3) is 5.91 Å². The van der Waals surface area contributed by atoms with Gasteiger partial charge < -0.3 is 0 Å². The minimum Gasteiger partial charge on any atom is -0.279 e. The van der Waals surface area contributed by atoms with Crippen LogP contribution in [0, 0.1) is 0 Å². The van der Waals surface area contributed by atoms with Gasteiger partial charge in [0.15, 0.2) is 6.29 Å². The van der Waals surface area contributed by atoms with E-state index in [1.165, 1.54) is 5.01 Å². The van der Waals surface area contributed by atoms with Crippen LogP contribution in [-0.2, 0) is 4.79 Å². The zero-order chi connectivity index (χ0) is 8.72. The summed E-state index contributed by atoms with van der Waals surface area (Å²) in [5, 5.41) is 7.24. The highest BCUT2D eigenvalue weighted by Gasteiger charge is 2.40. The van der Waals surface area contributed by atoms with E-state index >= 15 is 0 Å². The van der Waals surface area contributed by atoms with Crippen LogP contribution in [-0.4, -0.2) is 35.3 Å². The van der Waals surface area contributed by atoms with Crippen molar-refractivity contribution in [2.75, 3.05) is 6.67 Å². The number of carbonyl (C=O) groups is 1. The van der Waals surface area contributed by atoms with Crippen molar-refractivity contribution in [2.45, 2.75) is 24.6 Å². The lowest BCUT2D eigenvalue weighted by Gasteiger charge is -2.35. The second-order valence-electron chi connectivity index (χ2n) is 3.01. The van der Waals surface area contributed by atoms with Gasteiger partial charge in [-0.1, -0.05) is 0 Å². The number of nitrogens with one attached hydrogen (secondary N) is 3. The molecule has 68 valence electrons. The van der Waals surface area contributed by atoms with Gasteiger partial charge in [-0.2, -0.15) is 0 Å². The minimum absolute atomic E-state index is 0.00724. The fourth-order valence-electron chi connectivity index (χ4n) is 1.43. The normalized spacial score (nSPS) is 41.7. The molecule has 2 rings (SSSR count). The topological polar surface area (TPSA) is 56.4 Å². The summed E-state index contributed by atoms with van der Waals surface area (Å²) in [6.07, 6.45) is -0.109. The molecule has 2 fully saturated rings. The molecule has 3 atom stereocenters. The summed E-state index contributed by atoms with van der Waals surface area (Å²) in [4.78, 5) is 11.5. The summed E-state index contributed by atoms with van der Waals surface area (Å²) < 4.78 is 0. The number of amides is 1. The Labute approximate surface area is 75.4 Å². The first-order valence-corrected chi connectivity index (χ1v) is 4.34. The molecule has 6 heteroatoms. The van der Waals surface area contributed by atoms with E-state index < -0.39 is 5.38 Å². The first-order valence-electron chi connectivity index (χ1n) is 3.90. The fourth-order valence-corrected chi connectivity index (χ4v) is 1.61. The first kappa shape index (κ1) is 8.25. The third-order valence-corrected chi connectivity index (χ3v) is 2.70. The third kappa shape index (κ3) is 1.09. The van der Waals surface area contributed by atoms with Crippen molar-refractivity contribution in [3.63, 3.8) is 0 Å². The lowest BCUT2D eigenvalue weighted by Crippen LogP contribution is -2.65. The summed E-state index contributed by atoms with van der Waals surface area (Å²) in [5.74, 6) is -0.0714. The summed E-state index contributed by atoms with van der Waals surface area (Å²) in [5.41, 5.74) is 2.88. The van der Waals surface area contributed by atoms with Crippen molar-refractivity contribution in [3.05, 3.63) is 0 Å². The lowest BCUT2D eigenvalue weighted by molar-refractivity contribution is -0.139. The molecule has 0 aromatic carbocycles. The van der Waals surface area contributed by atoms with Crippen LogP contribution in [0.2, 0.25) is 0 Å². The predicted octanol–water partition coefficient (Wildman–Crippen LogP) is -1.24. The van der Waals surface area contributed by atoms with E-state index in [2.05, 4.69) is 16.1 Å². The smallest absolute Gasteiger partial charge is 0.258 e. The molecular weight excluding hydrogens is 180 g/mol. The van der Waals surface area contributed by atoms with Crippen LogP contribution in [0.3, 0.4) is 0 Å². The Bertz CT molecular complexity index is 212. The Hall–Kier alpha value is -0.360. The molecule has 5 nitrogen and oxygen atoms in total. The van der Waals surface area contributed by atoms with Gasteiger partial charge in [0.2, 0.25) is 0 Å². The number of alkyl halides is 1. The van der Waals surface area contributed by atoms with Gasteiger partial charge in [-0.25, -0.2) is 10.4 Å². The number of halogens is 1. The van der Waals surface area contributed by atoms with Crippen LogP contribution >= 0.6 is 11.6 Å². The lowest BCUT2D eigenvalue weighted by atomic mass is 10.2. The van der Waals surface area contributed by atoms with Gasteiger partial charge in [-0.3, -0.25) is 15.4 Å². The van der Waals surface area contributed by atoms with Crippen LogP contribution in [0.1, 0.15) is 6.92 Å². The van der Waals surface area contributed by atoms with E-state index in [1.807, 2.05) is 6.92 Å². The molecule has 0 bridgehead atoms. The number of nitrogens with zero attached hydrogens (tertiary/aromatic N) is 1. The Morgan fingerprint density at radius 1 is 1.67 bits per heavy atom. The monoisotopic (exact) mass is 190 g/mol. The van der Waals surface area contributed by atoms with Crippen LogP contribution in [0.25, 0.3) is 0 Å². The van der Waals surface area contributed by atoms with E-state index in [0.717, 1.165) is 0 Å². The molecule has 0 aromatic heterocycles. The highest BCUT2D eigenvalue weighted by atomic mass is 35.5. The standard InChI is InChI=1S/C6H11ClN4O/c1-3-4(7)5(12)11-6(10-3)8-2-9-11/h3-4,6,8-10H,2H2,1H3. The zero-order valence-electron chi connectivity index (χ0n) is 6.67. The maximum atomic E-state index is 11.5.